The van der Waals surface area contributed by atoms with Crippen LogP contribution < -0.4 is 5.32 Å². The van der Waals surface area contributed by atoms with E-state index in [1.54, 1.807) is 0 Å². The maximum absolute atomic E-state index is 5.46. The van der Waals surface area contributed by atoms with Crippen LogP contribution in [0.2, 0.25) is 0 Å². The minimum Gasteiger partial charge on any atom is -0.372 e. The van der Waals surface area contributed by atoms with Crippen molar-refractivity contribution < 1.29 is 4.74 Å². The average molecular weight is 298 g/mol. The summed E-state index contributed by atoms with van der Waals surface area (Å²) < 4.78 is 7.75. The van der Waals surface area contributed by atoms with E-state index in [1.165, 1.54) is 30.5 Å². The van der Waals surface area contributed by atoms with Gasteiger partial charge in [0, 0.05) is 37.7 Å². The van der Waals surface area contributed by atoms with Crippen LogP contribution in [0.5, 0.6) is 0 Å². The fourth-order valence-electron chi connectivity index (χ4n) is 3.41. The van der Waals surface area contributed by atoms with E-state index in [-0.39, 0.29) is 0 Å². The summed E-state index contributed by atoms with van der Waals surface area (Å²) in [5.74, 6) is 1.78. The first-order valence-electron chi connectivity index (χ1n) is 8.16. The number of rotatable bonds is 5. The summed E-state index contributed by atoms with van der Waals surface area (Å²) in [7, 11) is 0. The van der Waals surface area contributed by atoms with Crippen LogP contribution in [0.1, 0.15) is 42.4 Å². The summed E-state index contributed by atoms with van der Waals surface area (Å²) >= 11 is 0. The lowest BCUT2D eigenvalue weighted by atomic mass is 9.77. The Kier molecular flexibility index (Phi) is 3.91. The van der Waals surface area contributed by atoms with Crippen LogP contribution in [0.3, 0.4) is 0 Å². The Morgan fingerprint density at radius 3 is 3.09 bits per heavy atom. The fraction of sp³-hybridized carbons (Fsp3) is 0.529. The summed E-state index contributed by atoms with van der Waals surface area (Å²) in [4.78, 5) is 8.76. The molecule has 0 radical (unpaired) electrons. The lowest BCUT2D eigenvalue weighted by Crippen LogP contribution is -2.33. The Bertz CT molecular complexity index is 621. The molecule has 3 heterocycles. The van der Waals surface area contributed by atoms with Gasteiger partial charge in [-0.2, -0.15) is 0 Å². The topological polar surface area (TPSA) is 52.0 Å². The number of nitrogens with one attached hydrogen (secondary N) is 1. The zero-order valence-electron chi connectivity index (χ0n) is 12.7. The van der Waals surface area contributed by atoms with Crippen LogP contribution in [0.25, 0.3) is 0 Å². The zero-order valence-corrected chi connectivity index (χ0v) is 12.7. The molecule has 22 heavy (non-hydrogen) atoms. The van der Waals surface area contributed by atoms with Gasteiger partial charge < -0.3 is 14.6 Å². The molecule has 0 amide bonds. The van der Waals surface area contributed by atoms with E-state index in [1.807, 2.05) is 24.7 Å². The van der Waals surface area contributed by atoms with Crippen molar-refractivity contribution in [3.8, 4) is 0 Å². The van der Waals surface area contributed by atoms with Crippen LogP contribution in [0.4, 0.5) is 0 Å². The molecule has 0 spiro atoms. The second-order valence-corrected chi connectivity index (χ2v) is 6.21. The van der Waals surface area contributed by atoms with Gasteiger partial charge in [0.2, 0.25) is 0 Å². The van der Waals surface area contributed by atoms with Gasteiger partial charge in [-0.25, -0.2) is 4.98 Å². The Labute approximate surface area is 130 Å². The molecule has 2 aromatic heterocycles. The number of imidazole rings is 1. The Morgan fingerprint density at radius 1 is 1.36 bits per heavy atom. The smallest absolute Gasteiger partial charge is 0.135 e. The molecule has 4 rings (SSSR count). The summed E-state index contributed by atoms with van der Waals surface area (Å²) in [6, 6.07) is 4.61. The Balaban J connectivity index is 1.49. The number of hydrogen-bond acceptors (Lipinski definition) is 4. The second-order valence-electron chi connectivity index (χ2n) is 6.21. The molecule has 1 aliphatic carbocycles. The van der Waals surface area contributed by atoms with Gasteiger partial charge in [-0.1, -0.05) is 12.5 Å². The molecule has 2 aliphatic rings. The van der Waals surface area contributed by atoms with Crippen molar-refractivity contribution in [1.29, 1.82) is 0 Å². The molecule has 1 N–H and O–H groups in total. The van der Waals surface area contributed by atoms with Gasteiger partial charge in [-0.05, 0) is 30.4 Å². The van der Waals surface area contributed by atoms with E-state index in [0.717, 1.165) is 31.4 Å². The molecule has 5 heteroatoms. The minimum atomic E-state index is 0.397. The van der Waals surface area contributed by atoms with E-state index in [9.17, 15) is 0 Å². The highest BCUT2D eigenvalue weighted by atomic mass is 16.5. The molecule has 5 nitrogen and oxygen atoms in total. The normalized spacial score (nSPS) is 19.5. The van der Waals surface area contributed by atoms with Crippen LogP contribution in [-0.2, 0) is 24.4 Å². The maximum atomic E-state index is 5.46. The molecular weight excluding hydrogens is 276 g/mol. The highest BCUT2D eigenvalue weighted by Crippen LogP contribution is 2.37. The molecule has 1 aliphatic heterocycles. The van der Waals surface area contributed by atoms with Crippen LogP contribution in [0, 0.1) is 5.92 Å². The first-order valence-corrected chi connectivity index (χ1v) is 8.16. The lowest BCUT2D eigenvalue weighted by molar-refractivity contribution is 0.0803. The summed E-state index contributed by atoms with van der Waals surface area (Å²) in [6.07, 6.45) is 9.79. The fourth-order valence-corrected chi connectivity index (χ4v) is 3.41. The number of hydrogen-bond donors (Lipinski definition) is 1. The monoisotopic (exact) mass is 298 g/mol. The summed E-state index contributed by atoms with van der Waals surface area (Å²) in [5.41, 5.74) is 2.56. The van der Waals surface area contributed by atoms with E-state index in [4.69, 9.17) is 4.74 Å². The number of pyridine rings is 1. The number of nitrogens with zero attached hydrogens (tertiary/aromatic N) is 3. The van der Waals surface area contributed by atoms with Crippen molar-refractivity contribution >= 4 is 0 Å². The van der Waals surface area contributed by atoms with Gasteiger partial charge in [0.25, 0.3) is 0 Å². The molecule has 1 saturated carbocycles. The number of ether oxygens (including phenoxy) is 1. The van der Waals surface area contributed by atoms with Crippen molar-refractivity contribution in [3.63, 3.8) is 0 Å². The third-order valence-corrected chi connectivity index (χ3v) is 4.88. The third kappa shape index (κ3) is 2.66. The average Bonchev–Trinajstić information content (AvgIpc) is 2.94. The van der Waals surface area contributed by atoms with E-state index in [0.29, 0.717) is 12.6 Å². The van der Waals surface area contributed by atoms with Crippen molar-refractivity contribution in [2.24, 2.45) is 5.92 Å². The van der Waals surface area contributed by atoms with E-state index < -0.39 is 0 Å². The van der Waals surface area contributed by atoms with Gasteiger partial charge in [0.15, 0.2) is 0 Å². The third-order valence-electron chi connectivity index (χ3n) is 4.88. The highest BCUT2D eigenvalue weighted by molar-refractivity contribution is 5.16. The first kappa shape index (κ1) is 13.9. The molecule has 0 saturated heterocycles. The SMILES string of the molecule is c1cncc(C(NCc2cnc3n2CCOC3)C2CCC2)c1. The van der Waals surface area contributed by atoms with Crippen molar-refractivity contribution in [1.82, 2.24) is 19.9 Å². The van der Waals surface area contributed by atoms with Gasteiger partial charge in [0.05, 0.1) is 12.3 Å². The highest BCUT2D eigenvalue weighted by Gasteiger charge is 2.28. The molecular formula is C17H22N4O. The van der Waals surface area contributed by atoms with Crippen LogP contribution in [0.15, 0.2) is 30.7 Å². The Morgan fingerprint density at radius 2 is 2.32 bits per heavy atom. The summed E-state index contributed by atoms with van der Waals surface area (Å²) in [5, 5.41) is 3.75. The predicted molar refractivity (Wildman–Crippen MR) is 83.0 cm³/mol. The largest absolute Gasteiger partial charge is 0.372 e. The summed E-state index contributed by atoms with van der Waals surface area (Å²) in [6.45, 7) is 3.18. The second kappa shape index (κ2) is 6.18. The predicted octanol–water partition coefficient (Wildman–Crippen LogP) is 2.44. The van der Waals surface area contributed by atoms with Crippen molar-refractivity contribution in [3.05, 3.63) is 47.8 Å². The number of aromatic nitrogens is 3. The first-order chi connectivity index (χ1) is 10.9. The van der Waals surface area contributed by atoms with E-state index >= 15 is 0 Å². The number of fused-ring (bicyclic) bond motifs is 1. The van der Waals surface area contributed by atoms with Crippen LogP contribution in [-0.4, -0.2) is 21.1 Å². The molecule has 1 unspecified atom stereocenters. The molecule has 1 fully saturated rings. The molecule has 116 valence electrons. The molecule has 0 aromatic carbocycles. The van der Waals surface area contributed by atoms with Gasteiger partial charge >= 0.3 is 0 Å². The van der Waals surface area contributed by atoms with Gasteiger partial charge in [-0.15, -0.1) is 0 Å². The van der Waals surface area contributed by atoms with Crippen molar-refractivity contribution in [2.75, 3.05) is 6.61 Å². The van der Waals surface area contributed by atoms with Crippen LogP contribution >= 0.6 is 0 Å². The van der Waals surface area contributed by atoms with Gasteiger partial charge in [-0.3, -0.25) is 4.98 Å². The maximum Gasteiger partial charge on any atom is 0.135 e. The van der Waals surface area contributed by atoms with Crippen molar-refractivity contribution in [2.45, 2.75) is 45.0 Å². The van der Waals surface area contributed by atoms with E-state index in [2.05, 4.69) is 25.9 Å². The zero-order chi connectivity index (χ0) is 14.8. The Hall–Kier alpha value is -1.72. The standard InChI is InChI=1S/C17H22N4O/c1-3-13(4-1)17(14-5-2-6-18-9-14)20-11-15-10-19-16-12-22-8-7-21(15)16/h2,5-6,9-10,13,17,20H,1,3-4,7-8,11-12H2. The lowest BCUT2D eigenvalue weighted by Gasteiger charge is -2.34. The molecule has 0 bridgehead atoms. The minimum absolute atomic E-state index is 0.397. The molecule has 1 atom stereocenters. The quantitative estimate of drug-likeness (QED) is 0.921. The van der Waals surface area contributed by atoms with Gasteiger partial charge in [0.1, 0.15) is 12.4 Å². The molecule has 2 aromatic rings.